The highest BCUT2D eigenvalue weighted by atomic mass is 15.2. The molecule has 5 nitrogen and oxygen atoms in total. The molecule has 0 bridgehead atoms. The van der Waals surface area contributed by atoms with E-state index in [1.165, 1.54) is 0 Å². The van der Waals surface area contributed by atoms with E-state index in [0.29, 0.717) is 11.2 Å². The van der Waals surface area contributed by atoms with E-state index in [9.17, 15) is 0 Å². The van der Waals surface area contributed by atoms with Crippen molar-refractivity contribution < 1.29 is 0 Å². The Morgan fingerprint density at radius 3 is 2.71 bits per heavy atom. The summed E-state index contributed by atoms with van der Waals surface area (Å²) in [7, 11) is 0. The second-order valence-corrected chi connectivity index (χ2v) is 3.51. The van der Waals surface area contributed by atoms with Crippen molar-refractivity contribution in [1.29, 1.82) is 5.26 Å². The van der Waals surface area contributed by atoms with Crippen molar-refractivity contribution in [2.75, 3.05) is 0 Å². The number of fused-ring (bicyclic) bond motifs is 1. The smallest absolute Gasteiger partial charge is 0.168 e. The maximum atomic E-state index is 8.81. The summed E-state index contributed by atoms with van der Waals surface area (Å²) in [4.78, 5) is 3.96. The maximum absolute atomic E-state index is 8.81. The van der Waals surface area contributed by atoms with Gasteiger partial charge in [0.1, 0.15) is 0 Å². The highest BCUT2D eigenvalue weighted by molar-refractivity contribution is 5.59. The Hall–Kier alpha value is -2.74. The molecular weight excluding hydrogens is 214 g/mol. The number of aromatic nitrogens is 4. The van der Waals surface area contributed by atoms with Crippen LogP contribution < -0.4 is 0 Å². The van der Waals surface area contributed by atoms with Crippen LogP contribution in [0.2, 0.25) is 0 Å². The van der Waals surface area contributed by atoms with Crippen molar-refractivity contribution in [2.45, 2.75) is 0 Å². The van der Waals surface area contributed by atoms with Crippen LogP contribution in [0.25, 0.3) is 17.0 Å². The molecule has 0 aliphatic heterocycles. The summed E-state index contributed by atoms with van der Waals surface area (Å²) in [5.74, 6) is 0.742. The predicted octanol–water partition coefficient (Wildman–Crippen LogP) is 1.66. The van der Waals surface area contributed by atoms with E-state index >= 15 is 0 Å². The molecule has 0 atom stereocenters. The van der Waals surface area contributed by atoms with Crippen molar-refractivity contribution in [3.8, 4) is 17.5 Å². The summed E-state index contributed by atoms with van der Waals surface area (Å²) in [6, 6.07) is 9.26. The summed E-state index contributed by atoms with van der Waals surface area (Å²) in [6.45, 7) is 0. The number of hydrogen-bond donors (Lipinski definition) is 0. The molecular formula is C12H7N5. The highest BCUT2D eigenvalue weighted by Gasteiger charge is 2.07. The number of rotatable bonds is 1. The van der Waals surface area contributed by atoms with Gasteiger partial charge >= 0.3 is 0 Å². The SMILES string of the molecule is N#Cc1ccn2c(-c3ccncc3)nnc2c1. The molecule has 3 heterocycles. The predicted molar refractivity (Wildman–Crippen MR) is 60.9 cm³/mol. The van der Waals surface area contributed by atoms with E-state index in [1.807, 2.05) is 16.5 Å². The lowest BCUT2D eigenvalue weighted by Gasteiger charge is -1.98. The Labute approximate surface area is 97.0 Å². The maximum Gasteiger partial charge on any atom is 0.168 e. The third-order valence-corrected chi connectivity index (χ3v) is 2.48. The highest BCUT2D eigenvalue weighted by Crippen LogP contribution is 2.17. The van der Waals surface area contributed by atoms with E-state index < -0.39 is 0 Å². The van der Waals surface area contributed by atoms with Crippen LogP contribution in [-0.4, -0.2) is 19.6 Å². The Bertz CT molecular complexity index is 709. The molecule has 0 fully saturated rings. The molecule has 0 amide bonds. The standard InChI is InChI=1S/C12H7N5/c13-8-9-3-6-17-11(7-9)15-16-12(17)10-1-4-14-5-2-10/h1-7H. The minimum atomic E-state index is 0.575. The van der Waals surface area contributed by atoms with Crippen LogP contribution >= 0.6 is 0 Å². The lowest BCUT2D eigenvalue weighted by molar-refractivity contribution is 1.11. The molecule has 0 saturated heterocycles. The molecule has 0 aliphatic carbocycles. The third-order valence-electron chi connectivity index (χ3n) is 2.48. The van der Waals surface area contributed by atoms with Gasteiger partial charge in [-0.25, -0.2) is 0 Å². The van der Waals surface area contributed by atoms with Gasteiger partial charge in [-0.1, -0.05) is 0 Å². The van der Waals surface area contributed by atoms with Gasteiger partial charge < -0.3 is 0 Å². The number of nitrogens with zero attached hydrogens (tertiary/aromatic N) is 5. The Morgan fingerprint density at radius 2 is 1.94 bits per heavy atom. The first kappa shape index (κ1) is 9.48. The molecule has 3 rings (SSSR count). The monoisotopic (exact) mass is 221 g/mol. The molecule has 5 heteroatoms. The molecule has 0 unspecified atom stereocenters. The molecule has 0 saturated carbocycles. The van der Waals surface area contributed by atoms with Crippen molar-refractivity contribution >= 4 is 5.65 Å². The number of nitriles is 1. The van der Waals surface area contributed by atoms with Crippen LogP contribution in [0.15, 0.2) is 42.9 Å². The van der Waals surface area contributed by atoms with Gasteiger partial charge in [0.25, 0.3) is 0 Å². The fourth-order valence-electron chi connectivity index (χ4n) is 1.66. The van der Waals surface area contributed by atoms with Gasteiger partial charge in [-0.15, -0.1) is 10.2 Å². The zero-order valence-electron chi connectivity index (χ0n) is 8.78. The minimum Gasteiger partial charge on any atom is -0.282 e. The molecule has 0 radical (unpaired) electrons. The molecule has 80 valence electrons. The quantitative estimate of drug-likeness (QED) is 0.626. The summed E-state index contributed by atoms with van der Waals surface area (Å²) in [6.07, 6.45) is 5.21. The first-order valence-electron chi connectivity index (χ1n) is 5.04. The van der Waals surface area contributed by atoms with Crippen molar-refractivity contribution in [1.82, 2.24) is 19.6 Å². The van der Waals surface area contributed by atoms with Gasteiger partial charge in [-0.2, -0.15) is 5.26 Å². The molecule has 0 aromatic carbocycles. The van der Waals surface area contributed by atoms with Crippen LogP contribution in [0.3, 0.4) is 0 Å². The van der Waals surface area contributed by atoms with Crippen molar-refractivity contribution in [3.05, 3.63) is 48.4 Å². The van der Waals surface area contributed by atoms with E-state index in [1.54, 1.807) is 30.7 Å². The summed E-state index contributed by atoms with van der Waals surface area (Å²) in [5.41, 5.74) is 2.18. The van der Waals surface area contributed by atoms with Gasteiger partial charge in [0.05, 0.1) is 11.6 Å². The minimum absolute atomic E-state index is 0.575. The zero-order chi connectivity index (χ0) is 11.7. The van der Waals surface area contributed by atoms with Crippen LogP contribution in [0, 0.1) is 11.3 Å². The second-order valence-electron chi connectivity index (χ2n) is 3.51. The van der Waals surface area contributed by atoms with Gasteiger partial charge in [-0.05, 0) is 18.2 Å². The van der Waals surface area contributed by atoms with E-state index in [4.69, 9.17) is 5.26 Å². The van der Waals surface area contributed by atoms with E-state index in [2.05, 4.69) is 21.3 Å². The average molecular weight is 221 g/mol. The first-order chi connectivity index (χ1) is 8.38. The second kappa shape index (κ2) is 3.68. The van der Waals surface area contributed by atoms with Gasteiger partial charge in [0.2, 0.25) is 0 Å². The number of pyridine rings is 2. The van der Waals surface area contributed by atoms with Crippen LogP contribution in [0.4, 0.5) is 0 Å². The number of hydrogen-bond acceptors (Lipinski definition) is 4. The Balaban J connectivity index is 2.23. The topological polar surface area (TPSA) is 66.9 Å². The summed E-state index contributed by atoms with van der Waals surface area (Å²) >= 11 is 0. The van der Waals surface area contributed by atoms with Crippen LogP contribution in [0.5, 0.6) is 0 Å². The fraction of sp³-hybridized carbons (Fsp3) is 0. The Morgan fingerprint density at radius 1 is 1.12 bits per heavy atom. The summed E-state index contributed by atoms with van der Waals surface area (Å²) in [5, 5.41) is 17.0. The fourth-order valence-corrected chi connectivity index (χ4v) is 1.66. The van der Waals surface area contributed by atoms with Crippen LogP contribution in [0.1, 0.15) is 5.56 Å². The van der Waals surface area contributed by atoms with Gasteiger partial charge in [-0.3, -0.25) is 9.38 Å². The largest absolute Gasteiger partial charge is 0.282 e. The first-order valence-corrected chi connectivity index (χ1v) is 5.04. The van der Waals surface area contributed by atoms with E-state index in [0.717, 1.165) is 11.4 Å². The average Bonchev–Trinajstić information content (AvgIpc) is 2.82. The molecule has 0 spiro atoms. The lowest BCUT2D eigenvalue weighted by atomic mass is 10.2. The normalized spacial score (nSPS) is 10.3. The van der Waals surface area contributed by atoms with Crippen LogP contribution in [-0.2, 0) is 0 Å². The van der Waals surface area contributed by atoms with Crippen molar-refractivity contribution in [2.24, 2.45) is 0 Å². The molecule has 3 aromatic heterocycles. The molecule has 17 heavy (non-hydrogen) atoms. The van der Waals surface area contributed by atoms with E-state index in [-0.39, 0.29) is 0 Å². The zero-order valence-corrected chi connectivity index (χ0v) is 8.78. The summed E-state index contributed by atoms with van der Waals surface area (Å²) < 4.78 is 1.84. The van der Waals surface area contributed by atoms with Gasteiger partial charge in [0.15, 0.2) is 11.5 Å². The Kier molecular flexibility index (Phi) is 2.06. The molecule has 3 aromatic rings. The third kappa shape index (κ3) is 1.52. The van der Waals surface area contributed by atoms with Crippen molar-refractivity contribution in [3.63, 3.8) is 0 Å². The molecule has 0 aliphatic rings. The lowest BCUT2D eigenvalue weighted by Crippen LogP contribution is -1.89. The van der Waals surface area contributed by atoms with Gasteiger partial charge in [0, 0.05) is 30.2 Å². The molecule has 0 N–H and O–H groups in total.